The zero-order valence-electron chi connectivity index (χ0n) is 13.1. The van der Waals surface area contributed by atoms with Crippen LogP contribution in [0.3, 0.4) is 0 Å². The first kappa shape index (κ1) is 18.1. The summed E-state index contributed by atoms with van der Waals surface area (Å²) in [6.45, 7) is 0. The first-order valence-corrected chi connectivity index (χ1v) is 9.07. The van der Waals surface area contributed by atoms with E-state index in [1.807, 2.05) is 0 Å². The Balaban J connectivity index is 1.43. The molecule has 0 saturated carbocycles. The van der Waals surface area contributed by atoms with Crippen molar-refractivity contribution < 1.29 is 23.0 Å². The van der Waals surface area contributed by atoms with Crippen LogP contribution in [0.1, 0.15) is 0 Å². The fourth-order valence-corrected chi connectivity index (χ4v) is 3.57. The highest BCUT2D eigenvalue weighted by Gasteiger charge is 2.43. The van der Waals surface area contributed by atoms with E-state index in [9.17, 15) is 13.6 Å². The van der Waals surface area contributed by atoms with Crippen molar-refractivity contribution >= 4 is 52.2 Å². The third kappa shape index (κ3) is 3.73. The van der Waals surface area contributed by atoms with Crippen LogP contribution in [0.15, 0.2) is 35.6 Å². The normalized spacial score (nSPS) is 14.5. The number of rotatable bonds is 4. The fourth-order valence-electron chi connectivity index (χ4n) is 2.35. The molecule has 0 fully saturated rings. The molecule has 1 aromatic carbocycles. The Kier molecular flexibility index (Phi) is 4.49. The van der Waals surface area contributed by atoms with Crippen LogP contribution in [-0.4, -0.2) is 32.6 Å². The molecule has 12 heteroatoms. The summed E-state index contributed by atoms with van der Waals surface area (Å²) in [5.41, 5.74) is 0.707. The molecule has 1 N–H and O–H groups in total. The van der Waals surface area contributed by atoms with E-state index in [2.05, 4.69) is 25.0 Å². The average molecular weight is 433 g/mol. The van der Waals surface area contributed by atoms with Gasteiger partial charge in [-0.25, -0.2) is 0 Å². The summed E-state index contributed by atoms with van der Waals surface area (Å²) in [6.07, 6.45) is -2.13. The van der Waals surface area contributed by atoms with Gasteiger partial charge in [-0.1, -0.05) is 35.0 Å². The quantitative estimate of drug-likeness (QED) is 0.625. The Morgan fingerprint density at radius 2 is 2.00 bits per heavy atom. The molecule has 0 bridgehead atoms. The molecule has 1 aliphatic heterocycles. The van der Waals surface area contributed by atoms with Crippen LogP contribution < -0.4 is 14.8 Å². The van der Waals surface area contributed by atoms with Gasteiger partial charge in [0, 0.05) is 18.0 Å². The Bertz CT molecular complexity index is 1060. The van der Waals surface area contributed by atoms with E-state index in [4.69, 9.17) is 23.2 Å². The lowest BCUT2D eigenvalue weighted by Crippen LogP contribution is -2.25. The van der Waals surface area contributed by atoms with Crippen molar-refractivity contribution in [3.8, 4) is 11.5 Å². The minimum atomic E-state index is -3.71. The predicted octanol–water partition coefficient (Wildman–Crippen LogP) is 4.09. The summed E-state index contributed by atoms with van der Waals surface area (Å²) in [5.74, 6) is -0.639. The molecule has 27 heavy (non-hydrogen) atoms. The number of nitrogens with one attached hydrogen (secondary N) is 1. The summed E-state index contributed by atoms with van der Waals surface area (Å²) >= 11 is 13.1. The number of hydrogen-bond donors (Lipinski definition) is 1. The summed E-state index contributed by atoms with van der Waals surface area (Å²) < 4.78 is 36.3. The molecule has 0 saturated heterocycles. The molecule has 4 rings (SSSR count). The number of carbonyl (C=O) groups excluding carboxylic acids is 1. The van der Waals surface area contributed by atoms with Crippen molar-refractivity contribution in [3.63, 3.8) is 0 Å². The average Bonchev–Trinajstić information content (AvgIpc) is 3.11. The molecular formula is C15H8Cl2F2N4O3S. The number of halogens is 4. The number of fused-ring (bicyclic) bond motifs is 2. The molecule has 0 aliphatic carbocycles. The molecule has 2 aromatic heterocycles. The van der Waals surface area contributed by atoms with Gasteiger partial charge in [0.05, 0.1) is 15.8 Å². The number of alkyl halides is 2. The minimum absolute atomic E-state index is 0.00444. The second kappa shape index (κ2) is 6.70. The van der Waals surface area contributed by atoms with E-state index in [1.54, 1.807) is 10.6 Å². The SMILES string of the molecule is O=C(CSc1nnc2c(Cl)cc(Cl)cn12)Nc1ccc2c(c1)OC(F)(F)O2. The highest BCUT2D eigenvalue weighted by molar-refractivity contribution is 7.99. The van der Waals surface area contributed by atoms with Gasteiger partial charge in [0.1, 0.15) is 0 Å². The Hall–Kier alpha value is -2.30. The zero-order chi connectivity index (χ0) is 19.2. The molecular weight excluding hydrogens is 425 g/mol. The number of aromatic nitrogens is 3. The van der Waals surface area contributed by atoms with Gasteiger partial charge in [-0.3, -0.25) is 9.20 Å². The van der Waals surface area contributed by atoms with Crippen LogP contribution in [0.5, 0.6) is 11.5 Å². The standard InChI is InChI=1S/C15H8Cl2F2N4O3S/c16-7-3-9(17)13-21-22-14(23(13)5-7)27-6-12(24)20-8-1-2-10-11(4-8)26-15(18,19)25-10/h1-5H,6H2,(H,20,24). The van der Waals surface area contributed by atoms with E-state index in [1.165, 1.54) is 24.3 Å². The van der Waals surface area contributed by atoms with Crippen molar-refractivity contribution in [2.24, 2.45) is 0 Å². The smallest absolute Gasteiger partial charge is 0.395 e. The number of amides is 1. The van der Waals surface area contributed by atoms with Crippen molar-refractivity contribution in [1.82, 2.24) is 14.6 Å². The van der Waals surface area contributed by atoms with Gasteiger partial charge in [0.25, 0.3) is 0 Å². The number of ether oxygens (including phenoxy) is 2. The number of anilines is 1. The maximum atomic E-state index is 13.0. The molecule has 0 radical (unpaired) electrons. The van der Waals surface area contributed by atoms with E-state index >= 15 is 0 Å². The maximum absolute atomic E-state index is 13.0. The van der Waals surface area contributed by atoms with E-state index in [0.29, 0.717) is 20.8 Å². The highest BCUT2D eigenvalue weighted by atomic mass is 35.5. The van der Waals surface area contributed by atoms with E-state index < -0.39 is 6.29 Å². The van der Waals surface area contributed by atoms with E-state index in [0.717, 1.165) is 11.8 Å². The largest absolute Gasteiger partial charge is 0.586 e. The van der Waals surface area contributed by atoms with Crippen LogP contribution in [0.2, 0.25) is 10.0 Å². The Labute approximate surface area is 164 Å². The third-order valence-corrected chi connectivity index (χ3v) is 4.84. The molecule has 1 amide bonds. The van der Waals surface area contributed by atoms with Crippen molar-refractivity contribution in [3.05, 3.63) is 40.5 Å². The number of thioether (sulfide) groups is 1. The lowest BCUT2D eigenvalue weighted by atomic mass is 10.3. The summed E-state index contributed by atoms with van der Waals surface area (Å²) in [7, 11) is 0. The highest BCUT2D eigenvalue weighted by Crippen LogP contribution is 2.42. The number of hydrogen-bond acceptors (Lipinski definition) is 6. The summed E-state index contributed by atoms with van der Waals surface area (Å²) in [6, 6.07) is 5.51. The number of nitrogens with zero attached hydrogens (tertiary/aromatic N) is 3. The Morgan fingerprint density at radius 3 is 2.81 bits per heavy atom. The van der Waals surface area contributed by atoms with Crippen molar-refractivity contribution in [1.29, 1.82) is 0 Å². The molecule has 3 heterocycles. The molecule has 1 aliphatic rings. The molecule has 0 atom stereocenters. The molecule has 140 valence electrons. The van der Waals surface area contributed by atoms with Crippen LogP contribution in [0.25, 0.3) is 5.65 Å². The van der Waals surface area contributed by atoms with Gasteiger partial charge < -0.3 is 14.8 Å². The van der Waals surface area contributed by atoms with Crippen LogP contribution >= 0.6 is 35.0 Å². The lowest BCUT2D eigenvalue weighted by Gasteiger charge is -2.06. The van der Waals surface area contributed by atoms with Gasteiger partial charge in [0.15, 0.2) is 22.3 Å². The van der Waals surface area contributed by atoms with Gasteiger partial charge >= 0.3 is 6.29 Å². The second-order valence-electron chi connectivity index (χ2n) is 5.35. The van der Waals surface area contributed by atoms with Crippen LogP contribution in [0.4, 0.5) is 14.5 Å². The lowest BCUT2D eigenvalue weighted by molar-refractivity contribution is -0.286. The van der Waals surface area contributed by atoms with Crippen molar-refractivity contribution in [2.75, 3.05) is 11.1 Å². The van der Waals surface area contributed by atoms with Crippen molar-refractivity contribution in [2.45, 2.75) is 11.5 Å². The van der Waals surface area contributed by atoms with Gasteiger partial charge in [0.2, 0.25) is 5.91 Å². The number of benzene rings is 1. The third-order valence-electron chi connectivity index (χ3n) is 3.41. The fraction of sp³-hybridized carbons (Fsp3) is 0.133. The maximum Gasteiger partial charge on any atom is 0.586 e. The van der Waals surface area contributed by atoms with Gasteiger partial charge in [-0.15, -0.1) is 19.0 Å². The predicted molar refractivity (Wildman–Crippen MR) is 95.0 cm³/mol. The van der Waals surface area contributed by atoms with Crippen LogP contribution in [0, 0.1) is 0 Å². The molecule has 3 aromatic rings. The first-order chi connectivity index (χ1) is 12.8. The monoisotopic (exact) mass is 432 g/mol. The molecule has 7 nitrogen and oxygen atoms in total. The number of pyridine rings is 1. The van der Waals surface area contributed by atoms with Gasteiger partial charge in [-0.05, 0) is 18.2 Å². The zero-order valence-corrected chi connectivity index (χ0v) is 15.4. The Morgan fingerprint density at radius 1 is 1.22 bits per heavy atom. The summed E-state index contributed by atoms with van der Waals surface area (Å²) in [4.78, 5) is 12.1. The molecule has 0 unspecified atom stereocenters. The minimum Gasteiger partial charge on any atom is -0.395 e. The molecule has 0 spiro atoms. The van der Waals surface area contributed by atoms with Crippen LogP contribution in [-0.2, 0) is 4.79 Å². The summed E-state index contributed by atoms with van der Waals surface area (Å²) in [5, 5.41) is 11.7. The second-order valence-corrected chi connectivity index (χ2v) is 7.13. The number of carbonyl (C=O) groups is 1. The first-order valence-electron chi connectivity index (χ1n) is 7.33. The topological polar surface area (TPSA) is 77.8 Å². The van der Waals surface area contributed by atoms with E-state index in [-0.39, 0.29) is 28.8 Å². The van der Waals surface area contributed by atoms with Gasteiger partial charge in [-0.2, -0.15) is 0 Å².